The quantitative estimate of drug-likeness (QED) is 0.839. The lowest BCUT2D eigenvalue weighted by molar-refractivity contribution is -0.143. The summed E-state index contributed by atoms with van der Waals surface area (Å²) in [5.41, 5.74) is -0.692. The van der Waals surface area contributed by atoms with Crippen molar-refractivity contribution in [2.24, 2.45) is 5.41 Å². The molecule has 0 bridgehead atoms. The normalized spacial score (nSPS) is 16.8. The molecule has 0 aliphatic heterocycles. The highest BCUT2D eigenvalue weighted by atomic mass is 32.1. The number of aliphatic carboxylic acids is 1. The molecule has 2 N–H and O–H groups in total. The van der Waals surface area contributed by atoms with Gasteiger partial charge in [-0.1, -0.05) is 0 Å². The number of nitrogens with one attached hydrogen (secondary N) is 1. The maximum atomic E-state index is 11.7. The van der Waals surface area contributed by atoms with Crippen molar-refractivity contribution in [3.05, 3.63) is 21.9 Å². The zero-order chi connectivity index (χ0) is 11.8. The number of carboxylic acid groups (broad SMARTS) is 1. The van der Waals surface area contributed by atoms with Crippen LogP contribution in [0, 0.1) is 12.3 Å². The van der Waals surface area contributed by atoms with Gasteiger partial charge >= 0.3 is 5.97 Å². The molecule has 0 unspecified atom stereocenters. The van der Waals surface area contributed by atoms with Gasteiger partial charge in [0.2, 0.25) is 0 Å². The van der Waals surface area contributed by atoms with Gasteiger partial charge in [-0.15, -0.1) is 11.3 Å². The molecule has 1 fully saturated rings. The van der Waals surface area contributed by atoms with Crippen LogP contribution in [0.2, 0.25) is 0 Å². The summed E-state index contributed by atoms with van der Waals surface area (Å²) in [6, 6.07) is 3.64. The third-order valence-corrected chi connectivity index (χ3v) is 3.86. The van der Waals surface area contributed by atoms with Crippen LogP contribution in [-0.2, 0) is 4.79 Å². The van der Waals surface area contributed by atoms with Crippen LogP contribution in [0.5, 0.6) is 0 Å². The fourth-order valence-corrected chi connectivity index (χ4v) is 2.29. The second-order valence-corrected chi connectivity index (χ2v) is 5.47. The van der Waals surface area contributed by atoms with Gasteiger partial charge in [0.1, 0.15) is 0 Å². The van der Waals surface area contributed by atoms with E-state index in [1.165, 1.54) is 11.3 Å². The molecule has 1 saturated carbocycles. The van der Waals surface area contributed by atoms with Gasteiger partial charge in [0.15, 0.2) is 0 Å². The van der Waals surface area contributed by atoms with Crippen molar-refractivity contribution in [2.45, 2.75) is 19.8 Å². The number of hydrogen-bond donors (Lipinski definition) is 2. The average Bonchev–Trinajstić information content (AvgIpc) is 2.92. The van der Waals surface area contributed by atoms with Crippen molar-refractivity contribution < 1.29 is 14.7 Å². The van der Waals surface area contributed by atoms with Gasteiger partial charge in [0.25, 0.3) is 5.91 Å². The van der Waals surface area contributed by atoms with Crippen molar-refractivity contribution in [1.82, 2.24) is 5.32 Å². The van der Waals surface area contributed by atoms with E-state index in [-0.39, 0.29) is 12.5 Å². The van der Waals surface area contributed by atoms with Gasteiger partial charge in [-0.2, -0.15) is 0 Å². The largest absolute Gasteiger partial charge is 0.481 e. The van der Waals surface area contributed by atoms with Crippen LogP contribution in [0.1, 0.15) is 27.4 Å². The number of hydrogen-bond acceptors (Lipinski definition) is 3. The first-order valence-corrected chi connectivity index (χ1v) is 5.93. The monoisotopic (exact) mass is 239 g/mol. The Labute approximate surface area is 97.3 Å². The predicted molar refractivity (Wildman–Crippen MR) is 60.7 cm³/mol. The molecule has 1 aliphatic carbocycles. The van der Waals surface area contributed by atoms with Gasteiger partial charge in [0, 0.05) is 11.4 Å². The van der Waals surface area contributed by atoms with Gasteiger partial charge in [-0.25, -0.2) is 0 Å². The van der Waals surface area contributed by atoms with Crippen molar-refractivity contribution >= 4 is 23.2 Å². The van der Waals surface area contributed by atoms with Crippen molar-refractivity contribution in [3.8, 4) is 0 Å². The van der Waals surface area contributed by atoms with Crippen LogP contribution in [0.15, 0.2) is 12.1 Å². The number of carbonyl (C=O) groups excluding carboxylic acids is 1. The first-order valence-electron chi connectivity index (χ1n) is 5.12. The Bertz CT molecular complexity index is 434. The lowest BCUT2D eigenvalue weighted by Crippen LogP contribution is -2.33. The third kappa shape index (κ3) is 2.09. The summed E-state index contributed by atoms with van der Waals surface area (Å²) < 4.78 is 0. The molecule has 1 heterocycles. The second kappa shape index (κ2) is 3.90. The molecule has 1 aromatic rings. The Morgan fingerprint density at radius 1 is 1.50 bits per heavy atom. The SMILES string of the molecule is Cc1ccc(C(=O)NCC2(C(=O)O)CC2)s1. The summed E-state index contributed by atoms with van der Waals surface area (Å²) in [5, 5.41) is 11.6. The van der Waals surface area contributed by atoms with Crippen LogP contribution in [0.3, 0.4) is 0 Å². The van der Waals surface area contributed by atoms with E-state index in [2.05, 4.69) is 5.32 Å². The molecule has 0 spiro atoms. The Balaban J connectivity index is 1.92. The highest BCUT2D eigenvalue weighted by Crippen LogP contribution is 2.45. The van der Waals surface area contributed by atoms with E-state index < -0.39 is 11.4 Å². The van der Waals surface area contributed by atoms with E-state index in [0.29, 0.717) is 17.7 Å². The van der Waals surface area contributed by atoms with Gasteiger partial charge in [-0.3, -0.25) is 9.59 Å². The van der Waals surface area contributed by atoms with Crippen LogP contribution in [0.25, 0.3) is 0 Å². The molecule has 1 aromatic heterocycles. The van der Waals surface area contributed by atoms with Crippen LogP contribution in [-0.4, -0.2) is 23.5 Å². The minimum Gasteiger partial charge on any atom is -0.481 e. The Kier molecular flexibility index (Phi) is 2.71. The van der Waals surface area contributed by atoms with E-state index in [1.807, 2.05) is 13.0 Å². The summed E-state index contributed by atoms with van der Waals surface area (Å²) in [6.45, 7) is 2.17. The van der Waals surface area contributed by atoms with Gasteiger partial charge in [0.05, 0.1) is 10.3 Å². The fourth-order valence-electron chi connectivity index (χ4n) is 1.51. The lowest BCUT2D eigenvalue weighted by Gasteiger charge is -2.09. The summed E-state index contributed by atoms with van der Waals surface area (Å²) in [5.74, 6) is -0.985. The maximum Gasteiger partial charge on any atom is 0.311 e. The first-order chi connectivity index (χ1) is 7.53. The fraction of sp³-hybridized carbons (Fsp3) is 0.455. The average molecular weight is 239 g/mol. The Morgan fingerprint density at radius 3 is 2.62 bits per heavy atom. The summed E-state index contributed by atoms with van der Waals surface area (Å²) in [7, 11) is 0. The molecule has 0 radical (unpaired) electrons. The Hall–Kier alpha value is -1.36. The minimum atomic E-state index is -0.810. The number of thiophene rings is 1. The molecular weight excluding hydrogens is 226 g/mol. The van der Waals surface area contributed by atoms with Crippen molar-refractivity contribution in [2.75, 3.05) is 6.54 Å². The molecule has 4 nitrogen and oxygen atoms in total. The van der Waals surface area contributed by atoms with Crippen LogP contribution in [0.4, 0.5) is 0 Å². The number of amides is 1. The Morgan fingerprint density at radius 2 is 2.19 bits per heavy atom. The van der Waals surface area contributed by atoms with Crippen LogP contribution >= 0.6 is 11.3 Å². The summed E-state index contributed by atoms with van der Waals surface area (Å²) in [6.07, 6.45) is 1.32. The maximum absolute atomic E-state index is 11.7. The standard InChI is InChI=1S/C11H13NO3S/c1-7-2-3-8(16-7)9(13)12-6-11(4-5-11)10(14)15/h2-3H,4-6H2,1H3,(H,12,13)(H,14,15). The van der Waals surface area contributed by atoms with E-state index in [0.717, 1.165) is 4.88 Å². The molecule has 16 heavy (non-hydrogen) atoms. The second-order valence-electron chi connectivity index (χ2n) is 4.18. The third-order valence-electron chi connectivity index (χ3n) is 2.86. The van der Waals surface area contributed by atoms with E-state index in [9.17, 15) is 9.59 Å². The van der Waals surface area contributed by atoms with E-state index in [4.69, 9.17) is 5.11 Å². The smallest absolute Gasteiger partial charge is 0.311 e. The van der Waals surface area contributed by atoms with Gasteiger partial charge < -0.3 is 10.4 Å². The molecule has 0 aromatic carbocycles. The van der Waals surface area contributed by atoms with Gasteiger partial charge in [-0.05, 0) is 31.9 Å². The molecule has 2 rings (SSSR count). The highest BCUT2D eigenvalue weighted by molar-refractivity contribution is 7.13. The number of rotatable bonds is 4. The molecule has 0 saturated heterocycles. The lowest BCUT2D eigenvalue weighted by atomic mass is 10.1. The topological polar surface area (TPSA) is 66.4 Å². The number of aryl methyl sites for hydroxylation is 1. The molecule has 86 valence electrons. The zero-order valence-electron chi connectivity index (χ0n) is 8.95. The molecule has 5 heteroatoms. The molecule has 0 atom stereocenters. The highest BCUT2D eigenvalue weighted by Gasteiger charge is 2.50. The summed E-state index contributed by atoms with van der Waals surface area (Å²) in [4.78, 5) is 24.3. The van der Waals surface area contributed by atoms with E-state index >= 15 is 0 Å². The van der Waals surface area contributed by atoms with Crippen molar-refractivity contribution in [3.63, 3.8) is 0 Å². The summed E-state index contributed by atoms with van der Waals surface area (Å²) >= 11 is 1.42. The van der Waals surface area contributed by atoms with Crippen molar-refractivity contribution in [1.29, 1.82) is 0 Å². The first kappa shape index (κ1) is 11.1. The molecule has 1 aliphatic rings. The minimum absolute atomic E-state index is 0.175. The number of carboxylic acids is 1. The molecule has 1 amide bonds. The van der Waals surface area contributed by atoms with Crippen LogP contribution < -0.4 is 5.32 Å². The zero-order valence-corrected chi connectivity index (χ0v) is 9.76. The van der Waals surface area contributed by atoms with E-state index in [1.54, 1.807) is 6.07 Å². The number of carbonyl (C=O) groups is 2. The predicted octanol–water partition coefficient (Wildman–Crippen LogP) is 1.65. The molecular formula is C11H13NO3S.